The molecule has 0 saturated carbocycles. The molecule has 1 aromatic heterocycles. The average Bonchev–Trinajstić information content (AvgIpc) is 3.12. The van der Waals surface area contributed by atoms with Crippen LogP contribution in [-0.4, -0.2) is 39.4 Å². The van der Waals surface area contributed by atoms with Crippen LogP contribution < -0.4 is 5.48 Å². The van der Waals surface area contributed by atoms with E-state index in [1.54, 1.807) is 40.7 Å². The van der Waals surface area contributed by atoms with Gasteiger partial charge in [0.25, 0.3) is 0 Å². The van der Waals surface area contributed by atoms with Crippen molar-refractivity contribution in [2.75, 3.05) is 6.54 Å². The topological polar surface area (TPSA) is 91.7 Å². The number of fused-ring (bicyclic) bond motifs is 1. The van der Waals surface area contributed by atoms with E-state index in [0.29, 0.717) is 23.0 Å². The summed E-state index contributed by atoms with van der Waals surface area (Å²) in [5, 5.41) is 0.953. The Hall–Kier alpha value is -2.81. The number of carbonyl (C=O) groups excluding carboxylic acids is 2. The number of benzene rings is 2. The summed E-state index contributed by atoms with van der Waals surface area (Å²) in [4.78, 5) is 33.7. The van der Waals surface area contributed by atoms with E-state index in [-0.39, 0.29) is 6.42 Å². The van der Waals surface area contributed by atoms with Gasteiger partial charge < -0.3 is 14.3 Å². The number of nitrogens with zero attached hydrogens (tertiary/aromatic N) is 2. The molecule has 8 nitrogen and oxygen atoms in total. The predicted molar refractivity (Wildman–Crippen MR) is 144 cm³/mol. The third kappa shape index (κ3) is 8.09. The highest BCUT2D eigenvalue weighted by Gasteiger charge is 2.30. The van der Waals surface area contributed by atoms with Gasteiger partial charge in [0.2, 0.25) is 0 Å². The lowest BCUT2D eigenvalue weighted by molar-refractivity contribution is -0.160. The maximum Gasteiger partial charge on any atom is 0.528 e. The third-order valence-corrected chi connectivity index (χ3v) is 6.02. The molecule has 37 heavy (non-hydrogen) atoms. The molecule has 0 aliphatic carbocycles. The summed E-state index contributed by atoms with van der Waals surface area (Å²) in [7, 11) is 0. The number of ether oxygens (including phenoxy) is 2. The summed E-state index contributed by atoms with van der Waals surface area (Å²) in [6.07, 6.45) is 0.359. The van der Waals surface area contributed by atoms with Crippen LogP contribution in [0.1, 0.15) is 59.4 Å². The number of esters is 1. The number of hydroxylamine groups is 1. The molecule has 10 heteroatoms. The van der Waals surface area contributed by atoms with E-state index in [0.717, 1.165) is 34.5 Å². The monoisotopic (exact) mass is 549 g/mol. The van der Waals surface area contributed by atoms with E-state index in [2.05, 4.69) is 15.0 Å². The van der Waals surface area contributed by atoms with Crippen molar-refractivity contribution in [3.8, 4) is 5.69 Å². The molecule has 0 aliphatic heterocycles. The van der Waals surface area contributed by atoms with E-state index < -0.39 is 23.3 Å². The van der Waals surface area contributed by atoms with E-state index >= 15 is 0 Å². The van der Waals surface area contributed by atoms with Crippen molar-refractivity contribution in [2.45, 2.75) is 72.0 Å². The highest BCUT2D eigenvalue weighted by Crippen LogP contribution is 2.30. The molecule has 0 aliphatic rings. The first-order valence-corrected chi connectivity index (χ1v) is 12.8. The summed E-state index contributed by atoms with van der Waals surface area (Å²) in [5.41, 5.74) is 4.62. The van der Waals surface area contributed by atoms with Gasteiger partial charge in [-0.25, -0.2) is 9.78 Å². The normalized spacial score (nSPS) is 12.0. The standard InChI is InChI=1S/C27H33Cl2N3O5/c1-7-23-31-21-14-19(28)20(29)15-22(21)32(23)18-10-8-17(9-11-18)12-13-30-37-25(34)36-27(5,6)16-24(33)35-26(2,3)4/h8-11,14-15,30H,7,12-13,16H2,1-6H3. The van der Waals surface area contributed by atoms with Gasteiger partial charge in [0.1, 0.15) is 17.0 Å². The SMILES string of the molecule is CCc1nc2cc(Cl)c(Cl)cc2n1-c1ccc(CCNOC(=O)OC(C)(C)CC(=O)OC(C)(C)C)cc1. The number of aryl methyl sites for hydroxylation is 1. The van der Waals surface area contributed by atoms with E-state index in [4.69, 9.17) is 37.5 Å². The molecular formula is C27H33Cl2N3O5. The van der Waals surface area contributed by atoms with Gasteiger partial charge in [0.05, 0.1) is 27.5 Å². The molecule has 0 fully saturated rings. The quantitative estimate of drug-likeness (QED) is 0.182. The van der Waals surface area contributed by atoms with Crippen molar-refractivity contribution in [3.63, 3.8) is 0 Å². The highest BCUT2D eigenvalue weighted by molar-refractivity contribution is 6.42. The van der Waals surface area contributed by atoms with Crippen molar-refractivity contribution in [3.05, 3.63) is 57.8 Å². The van der Waals surface area contributed by atoms with Crippen molar-refractivity contribution < 1.29 is 23.9 Å². The van der Waals surface area contributed by atoms with Crippen LogP contribution in [0.2, 0.25) is 10.0 Å². The van der Waals surface area contributed by atoms with Gasteiger partial charge >= 0.3 is 12.1 Å². The fourth-order valence-electron chi connectivity index (χ4n) is 3.77. The number of carbonyl (C=O) groups is 2. The Morgan fingerprint density at radius 1 is 1.00 bits per heavy atom. The second-order valence-corrected chi connectivity index (χ2v) is 11.1. The first kappa shape index (κ1) is 28.8. The second-order valence-electron chi connectivity index (χ2n) is 10.3. The minimum atomic E-state index is -1.07. The third-order valence-electron chi connectivity index (χ3n) is 5.30. The summed E-state index contributed by atoms with van der Waals surface area (Å²) >= 11 is 12.4. The van der Waals surface area contributed by atoms with E-state index in [1.165, 1.54) is 0 Å². The van der Waals surface area contributed by atoms with Gasteiger partial charge in [-0.05, 0) is 70.9 Å². The average molecular weight is 550 g/mol. The number of hydrogen-bond acceptors (Lipinski definition) is 7. The first-order chi connectivity index (χ1) is 17.3. The predicted octanol–water partition coefficient (Wildman–Crippen LogP) is 6.61. The molecule has 0 spiro atoms. The zero-order valence-corrected chi connectivity index (χ0v) is 23.5. The summed E-state index contributed by atoms with van der Waals surface area (Å²) in [5.74, 6) is 0.451. The van der Waals surface area contributed by atoms with Crippen LogP contribution in [0.4, 0.5) is 4.79 Å². The number of imidazole rings is 1. The van der Waals surface area contributed by atoms with Gasteiger partial charge in [-0.1, -0.05) is 42.3 Å². The maximum absolute atomic E-state index is 12.0. The maximum atomic E-state index is 12.0. The molecule has 0 unspecified atom stereocenters. The van der Waals surface area contributed by atoms with Gasteiger partial charge in [0, 0.05) is 18.7 Å². The van der Waals surface area contributed by atoms with Crippen LogP contribution in [0.5, 0.6) is 0 Å². The van der Waals surface area contributed by atoms with Crippen LogP contribution in [0.15, 0.2) is 36.4 Å². The van der Waals surface area contributed by atoms with Crippen LogP contribution in [0.25, 0.3) is 16.7 Å². The molecule has 0 atom stereocenters. The lowest BCUT2D eigenvalue weighted by Crippen LogP contribution is -2.36. The molecule has 3 rings (SSSR count). The Bertz CT molecular complexity index is 1260. The summed E-state index contributed by atoms with van der Waals surface area (Å²) in [6.45, 7) is 11.0. The Morgan fingerprint density at radius 2 is 1.65 bits per heavy atom. The minimum Gasteiger partial charge on any atom is -0.460 e. The molecule has 0 saturated heterocycles. The van der Waals surface area contributed by atoms with Crippen LogP contribution >= 0.6 is 23.2 Å². The van der Waals surface area contributed by atoms with Crippen LogP contribution in [0.3, 0.4) is 0 Å². The van der Waals surface area contributed by atoms with Crippen LogP contribution in [-0.2, 0) is 31.9 Å². The molecule has 1 N–H and O–H groups in total. The van der Waals surface area contributed by atoms with E-state index in [1.807, 2.05) is 37.3 Å². The Kier molecular flexibility index (Phi) is 9.10. The van der Waals surface area contributed by atoms with Crippen molar-refractivity contribution in [1.29, 1.82) is 0 Å². The number of halogens is 2. The Labute approximate surface area is 227 Å². The summed E-state index contributed by atoms with van der Waals surface area (Å²) in [6, 6.07) is 11.6. The van der Waals surface area contributed by atoms with Gasteiger partial charge in [-0.15, -0.1) is 5.48 Å². The zero-order chi connectivity index (χ0) is 27.4. The molecule has 0 amide bonds. The molecular weight excluding hydrogens is 517 g/mol. The van der Waals surface area contributed by atoms with E-state index in [9.17, 15) is 9.59 Å². The molecule has 0 radical (unpaired) electrons. The second kappa shape index (κ2) is 11.7. The Morgan fingerprint density at radius 3 is 2.27 bits per heavy atom. The molecule has 2 aromatic carbocycles. The first-order valence-electron chi connectivity index (χ1n) is 12.1. The number of rotatable bonds is 9. The molecule has 0 bridgehead atoms. The lowest BCUT2D eigenvalue weighted by atomic mass is 10.1. The Balaban J connectivity index is 1.52. The van der Waals surface area contributed by atoms with Crippen molar-refractivity contribution in [1.82, 2.24) is 15.0 Å². The number of aromatic nitrogens is 2. The molecule has 3 aromatic rings. The summed E-state index contributed by atoms with van der Waals surface area (Å²) < 4.78 is 12.6. The van der Waals surface area contributed by atoms with Crippen molar-refractivity contribution >= 4 is 46.4 Å². The smallest absolute Gasteiger partial charge is 0.460 e. The van der Waals surface area contributed by atoms with Crippen LogP contribution in [0, 0.1) is 0 Å². The fourth-order valence-corrected chi connectivity index (χ4v) is 4.09. The lowest BCUT2D eigenvalue weighted by Gasteiger charge is -2.26. The van der Waals surface area contributed by atoms with Gasteiger partial charge in [0.15, 0.2) is 0 Å². The largest absolute Gasteiger partial charge is 0.528 e. The van der Waals surface area contributed by atoms with Crippen molar-refractivity contribution in [2.24, 2.45) is 0 Å². The minimum absolute atomic E-state index is 0.0864. The van der Waals surface area contributed by atoms with Gasteiger partial charge in [-0.2, -0.15) is 0 Å². The zero-order valence-electron chi connectivity index (χ0n) is 22.0. The number of nitrogens with one attached hydrogen (secondary N) is 1. The number of hydrogen-bond donors (Lipinski definition) is 1. The van der Waals surface area contributed by atoms with Gasteiger partial charge in [-0.3, -0.25) is 9.36 Å². The fraction of sp³-hybridized carbons (Fsp3) is 0.444. The highest BCUT2D eigenvalue weighted by atomic mass is 35.5. The molecule has 200 valence electrons. The molecule has 1 heterocycles.